The molecule has 7 heteroatoms. The van der Waals surface area contributed by atoms with Crippen molar-refractivity contribution in [1.82, 2.24) is 4.72 Å². The highest BCUT2D eigenvalue weighted by Gasteiger charge is 2.23. The molecule has 108 valence electrons. The molecule has 1 atom stereocenters. The molecule has 1 aromatic carbocycles. The van der Waals surface area contributed by atoms with Gasteiger partial charge in [0.25, 0.3) is 0 Å². The lowest BCUT2D eigenvalue weighted by atomic mass is 10.3. The average Bonchev–Trinajstić information content (AvgIpc) is 2.91. The van der Waals surface area contributed by atoms with Gasteiger partial charge in [-0.15, -0.1) is 0 Å². The lowest BCUT2D eigenvalue weighted by Gasteiger charge is -2.14. The SMILES string of the molecule is COc1cc(N)ccc1S(=O)(=O)NC(C)c1ccco1. The molecule has 0 aliphatic rings. The second-order valence-electron chi connectivity index (χ2n) is 4.27. The number of nitrogen functional groups attached to an aromatic ring is 1. The molecule has 0 amide bonds. The largest absolute Gasteiger partial charge is 0.495 e. The molecule has 0 saturated heterocycles. The van der Waals surface area contributed by atoms with Crippen molar-refractivity contribution < 1.29 is 17.6 Å². The smallest absolute Gasteiger partial charge is 0.244 e. The van der Waals surface area contributed by atoms with Crippen molar-refractivity contribution in [2.45, 2.75) is 17.9 Å². The van der Waals surface area contributed by atoms with Crippen LogP contribution in [-0.2, 0) is 10.0 Å². The fraction of sp³-hybridized carbons (Fsp3) is 0.231. The van der Waals surface area contributed by atoms with E-state index in [2.05, 4.69) is 4.72 Å². The van der Waals surface area contributed by atoms with Gasteiger partial charge in [-0.3, -0.25) is 0 Å². The first-order valence-electron chi connectivity index (χ1n) is 5.93. The zero-order valence-electron chi connectivity index (χ0n) is 11.2. The summed E-state index contributed by atoms with van der Waals surface area (Å²) in [7, 11) is -2.34. The number of nitrogens with two attached hydrogens (primary N) is 1. The Morgan fingerprint density at radius 3 is 2.70 bits per heavy atom. The molecule has 0 fully saturated rings. The van der Waals surface area contributed by atoms with Gasteiger partial charge in [0, 0.05) is 11.8 Å². The van der Waals surface area contributed by atoms with E-state index in [1.165, 1.54) is 31.6 Å². The van der Waals surface area contributed by atoms with Crippen molar-refractivity contribution in [2.24, 2.45) is 0 Å². The maximum Gasteiger partial charge on any atom is 0.244 e. The minimum absolute atomic E-state index is 0.0348. The molecule has 0 saturated carbocycles. The van der Waals surface area contributed by atoms with E-state index in [4.69, 9.17) is 14.9 Å². The Labute approximate surface area is 117 Å². The molecule has 2 rings (SSSR count). The number of rotatable bonds is 5. The Hall–Kier alpha value is -1.99. The van der Waals surface area contributed by atoms with E-state index in [1.807, 2.05) is 0 Å². The van der Waals surface area contributed by atoms with E-state index in [9.17, 15) is 8.42 Å². The highest BCUT2D eigenvalue weighted by atomic mass is 32.2. The number of ether oxygens (including phenoxy) is 1. The van der Waals surface area contributed by atoms with Crippen molar-refractivity contribution in [3.8, 4) is 5.75 Å². The van der Waals surface area contributed by atoms with Crippen LogP contribution in [0.3, 0.4) is 0 Å². The molecule has 0 spiro atoms. The van der Waals surface area contributed by atoms with Gasteiger partial charge in [-0.1, -0.05) is 0 Å². The van der Waals surface area contributed by atoms with Gasteiger partial charge in [-0.05, 0) is 31.2 Å². The van der Waals surface area contributed by atoms with Crippen molar-refractivity contribution in [1.29, 1.82) is 0 Å². The fourth-order valence-corrected chi connectivity index (χ4v) is 3.16. The number of furan rings is 1. The average molecular weight is 296 g/mol. The summed E-state index contributed by atoms with van der Waals surface area (Å²) in [5.74, 6) is 0.729. The molecule has 6 nitrogen and oxygen atoms in total. The highest BCUT2D eigenvalue weighted by Crippen LogP contribution is 2.27. The minimum Gasteiger partial charge on any atom is -0.495 e. The molecule has 0 radical (unpaired) electrons. The van der Waals surface area contributed by atoms with Gasteiger partial charge < -0.3 is 14.9 Å². The zero-order chi connectivity index (χ0) is 14.8. The molecular weight excluding hydrogens is 280 g/mol. The topological polar surface area (TPSA) is 94.6 Å². The third-order valence-corrected chi connectivity index (χ3v) is 4.36. The monoisotopic (exact) mass is 296 g/mol. The van der Waals surface area contributed by atoms with Crippen molar-refractivity contribution in [3.05, 3.63) is 42.4 Å². The van der Waals surface area contributed by atoms with Crippen molar-refractivity contribution in [3.63, 3.8) is 0 Å². The molecule has 2 aromatic rings. The van der Waals surface area contributed by atoms with Gasteiger partial charge in [0.1, 0.15) is 16.4 Å². The quantitative estimate of drug-likeness (QED) is 0.822. The summed E-state index contributed by atoms with van der Waals surface area (Å²) in [6.45, 7) is 1.69. The predicted octanol–water partition coefficient (Wildman–Crippen LogP) is 1.91. The summed E-state index contributed by atoms with van der Waals surface area (Å²) in [5.41, 5.74) is 6.04. The first-order valence-corrected chi connectivity index (χ1v) is 7.41. The highest BCUT2D eigenvalue weighted by molar-refractivity contribution is 7.89. The van der Waals surface area contributed by atoms with Crippen LogP contribution < -0.4 is 15.2 Å². The van der Waals surface area contributed by atoms with E-state index in [-0.39, 0.29) is 10.6 Å². The number of benzene rings is 1. The van der Waals surface area contributed by atoms with E-state index in [1.54, 1.807) is 19.1 Å². The Bertz CT molecular complexity index is 680. The normalized spacial score (nSPS) is 13.1. The first-order chi connectivity index (χ1) is 9.44. The predicted molar refractivity (Wildman–Crippen MR) is 74.9 cm³/mol. The van der Waals surface area contributed by atoms with Crippen LogP contribution >= 0.6 is 0 Å². The van der Waals surface area contributed by atoms with Crippen LogP contribution in [0.1, 0.15) is 18.7 Å². The van der Waals surface area contributed by atoms with E-state index >= 15 is 0 Å². The number of sulfonamides is 1. The maximum atomic E-state index is 12.4. The summed E-state index contributed by atoms with van der Waals surface area (Å²) in [4.78, 5) is 0.0348. The van der Waals surface area contributed by atoms with E-state index < -0.39 is 16.1 Å². The lowest BCUT2D eigenvalue weighted by Crippen LogP contribution is -2.27. The Kier molecular flexibility index (Phi) is 4.01. The fourth-order valence-electron chi connectivity index (χ4n) is 1.80. The number of anilines is 1. The van der Waals surface area contributed by atoms with Gasteiger partial charge in [0.2, 0.25) is 10.0 Å². The van der Waals surface area contributed by atoms with E-state index in [0.717, 1.165) is 0 Å². The molecule has 0 aliphatic carbocycles. The van der Waals surface area contributed by atoms with Gasteiger partial charge in [0.05, 0.1) is 19.4 Å². The van der Waals surface area contributed by atoms with Gasteiger partial charge in [0.15, 0.2) is 0 Å². The third kappa shape index (κ3) is 2.94. The molecule has 1 unspecified atom stereocenters. The van der Waals surface area contributed by atoms with Crippen LogP contribution in [-0.4, -0.2) is 15.5 Å². The van der Waals surface area contributed by atoms with Gasteiger partial charge >= 0.3 is 0 Å². The summed E-state index contributed by atoms with van der Waals surface area (Å²) >= 11 is 0. The van der Waals surface area contributed by atoms with Crippen LogP contribution in [0.15, 0.2) is 45.9 Å². The zero-order valence-corrected chi connectivity index (χ0v) is 12.0. The summed E-state index contributed by atoms with van der Waals surface area (Å²) < 4.78 is 37.5. The van der Waals surface area contributed by atoms with E-state index in [0.29, 0.717) is 11.4 Å². The molecule has 20 heavy (non-hydrogen) atoms. The Balaban J connectivity index is 2.31. The van der Waals surface area contributed by atoms with Crippen molar-refractivity contribution >= 4 is 15.7 Å². The van der Waals surface area contributed by atoms with Gasteiger partial charge in [-0.25, -0.2) is 13.1 Å². The Morgan fingerprint density at radius 1 is 1.35 bits per heavy atom. The summed E-state index contributed by atoms with van der Waals surface area (Å²) in [5, 5.41) is 0. The second-order valence-corrected chi connectivity index (χ2v) is 5.95. The maximum absolute atomic E-state index is 12.4. The number of hydrogen-bond donors (Lipinski definition) is 2. The molecule has 0 bridgehead atoms. The standard InChI is InChI=1S/C13H16N2O4S/c1-9(11-4-3-7-19-11)15-20(16,17)13-6-5-10(14)8-12(13)18-2/h3-9,15H,14H2,1-2H3. The van der Waals surface area contributed by atoms with Crippen LogP contribution in [0.25, 0.3) is 0 Å². The molecule has 3 N–H and O–H groups in total. The second kappa shape index (κ2) is 5.56. The Morgan fingerprint density at radius 2 is 2.10 bits per heavy atom. The number of methoxy groups -OCH3 is 1. The third-order valence-electron chi connectivity index (χ3n) is 2.78. The minimum atomic E-state index is -3.74. The van der Waals surface area contributed by atoms with Crippen LogP contribution in [0.4, 0.5) is 5.69 Å². The molecule has 1 heterocycles. The number of hydrogen-bond acceptors (Lipinski definition) is 5. The van der Waals surface area contributed by atoms with Crippen LogP contribution in [0.2, 0.25) is 0 Å². The lowest BCUT2D eigenvalue weighted by molar-refractivity contribution is 0.401. The molecular formula is C13H16N2O4S. The summed E-state index contributed by atoms with van der Waals surface area (Å²) in [6, 6.07) is 7.29. The number of nitrogens with one attached hydrogen (secondary N) is 1. The first kappa shape index (κ1) is 14.4. The van der Waals surface area contributed by atoms with Gasteiger partial charge in [-0.2, -0.15) is 0 Å². The van der Waals surface area contributed by atoms with Crippen LogP contribution in [0, 0.1) is 0 Å². The van der Waals surface area contributed by atoms with Crippen LogP contribution in [0.5, 0.6) is 5.75 Å². The van der Waals surface area contributed by atoms with Crippen molar-refractivity contribution in [2.75, 3.05) is 12.8 Å². The summed E-state index contributed by atoms with van der Waals surface area (Å²) in [6.07, 6.45) is 1.49. The molecule has 1 aromatic heterocycles. The molecule has 0 aliphatic heterocycles.